The second-order valence-electron chi connectivity index (χ2n) is 8.94. The van der Waals surface area contributed by atoms with Gasteiger partial charge in [0.15, 0.2) is 5.76 Å². The lowest BCUT2D eigenvalue weighted by atomic mass is 10.1. The summed E-state index contributed by atoms with van der Waals surface area (Å²) in [6.45, 7) is 4.49. The molecular weight excluding hydrogens is 510 g/mol. The summed E-state index contributed by atoms with van der Waals surface area (Å²) in [5, 5.41) is 3.92. The van der Waals surface area contributed by atoms with Crippen molar-refractivity contribution in [3.05, 3.63) is 82.2 Å². The topological polar surface area (TPSA) is 86.5 Å². The van der Waals surface area contributed by atoms with Crippen LogP contribution in [0.4, 0.5) is 0 Å². The average Bonchev–Trinajstić information content (AvgIpc) is 3.45. The molecule has 1 saturated carbocycles. The maximum absolute atomic E-state index is 12.7. The first-order chi connectivity index (χ1) is 17.9. The molecule has 0 aliphatic heterocycles. The molecule has 0 saturated heterocycles. The van der Waals surface area contributed by atoms with Gasteiger partial charge in [-0.1, -0.05) is 29.0 Å². The van der Waals surface area contributed by atoms with Gasteiger partial charge in [0, 0.05) is 30.1 Å². The lowest BCUT2D eigenvalue weighted by Gasteiger charge is -2.10. The number of nitrogens with one attached hydrogen (secondary N) is 1. The summed E-state index contributed by atoms with van der Waals surface area (Å²) in [6, 6.07) is 12.3. The molecule has 0 spiro atoms. The van der Waals surface area contributed by atoms with E-state index >= 15 is 0 Å². The Kier molecular flexibility index (Phi) is 7.58. The van der Waals surface area contributed by atoms with Crippen molar-refractivity contribution in [1.82, 2.24) is 15.3 Å². The number of carbonyl (C=O) groups excluding carboxylic acids is 1. The zero-order valence-electron chi connectivity index (χ0n) is 20.4. The van der Waals surface area contributed by atoms with Crippen molar-refractivity contribution in [2.45, 2.75) is 32.7 Å². The van der Waals surface area contributed by atoms with Crippen molar-refractivity contribution < 1.29 is 18.7 Å². The van der Waals surface area contributed by atoms with E-state index in [2.05, 4.69) is 15.3 Å². The molecule has 7 nitrogen and oxygen atoms in total. The van der Waals surface area contributed by atoms with Gasteiger partial charge in [-0.05, 0) is 75.1 Å². The highest BCUT2D eigenvalue weighted by Crippen LogP contribution is 2.35. The average molecular weight is 536 g/mol. The van der Waals surface area contributed by atoms with E-state index < -0.39 is 0 Å². The Morgan fingerprint density at radius 1 is 1.24 bits per heavy atom. The normalized spacial score (nSPS) is 14.0. The molecule has 0 radical (unpaired) electrons. The van der Waals surface area contributed by atoms with Crippen LogP contribution in [0.2, 0.25) is 5.02 Å². The number of benzene rings is 1. The van der Waals surface area contributed by atoms with Crippen LogP contribution in [0.25, 0.3) is 17.5 Å². The van der Waals surface area contributed by atoms with Gasteiger partial charge in [-0.3, -0.25) is 9.78 Å². The van der Waals surface area contributed by atoms with Gasteiger partial charge in [0.2, 0.25) is 0 Å². The maximum atomic E-state index is 12.7. The Morgan fingerprint density at radius 2 is 2.11 bits per heavy atom. The van der Waals surface area contributed by atoms with E-state index in [0.717, 1.165) is 23.0 Å². The number of halogens is 1. The van der Waals surface area contributed by atoms with Crippen molar-refractivity contribution in [3.8, 4) is 28.1 Å². The van der Waals surface area contributed by atoms with Crippen LogP contribution in [-0.4, -0.2) is 28.5 Å². The zero-order valence-corrected chi connectivity index (χ0v) is 22.0. The maximum Gasteiger partial charge on any atom is 0.279 e. The summed E-state index contributed by atoms with van der Waals surface area (Å²) < 4.78 is 17.2. The number of furan rings is 1. The van der Waals surface area contributed by atoms with Crippen molar-refractivity contribution in [2.75, 3.05) is 6.61 Å². The van der Waals surface area contributed by atoms with Gasteiger partial charge in [-0.2, -0.15) is 0 Å². The van der Waals surface area contributed by atoms with Gasteiger partial charge in [0.25, 0.3) is 11.1 Å². The smallest absolute Gasteiger partial charge is 0.279 e. The van der Waals surface area contributed by atoms with Gasteiger partial charge >= 0.3 is 0 Å². The number of carbonyl (C=O) groups is 1. The molecule has 1 atom stereocenters. The van der Waals surface area contributed by atoms with E-state index in [0.29, 0.717) is 38.9 Å². The first-order valence-electron chi connectivity index (χ1n) is 12.0. The Morgan fingerprint density at radius 3 is 2.86 bits per heavy atom. The molecular formula is C28H26ClN3O4S. The fourth-order valence-corrected chi connectivity index (χ4v) is 4.40. The summed E-state index contributed by atoms with van der Waals surface area (Å²) >= 11 is 7.75. The molecule has 1 aliphatic carbocycles. The fraction of sp³-hybridized carbons (Fsp3) is 0.250. The molecule has 1 aromatic carbocycles. The van der Waals surface area contributed by atoms with Crippen LogP contribution in [0.15, 0.2) is 65.4 Å². The molecule has 1 N–H and O–H groups in total. The number of rotatable bonds is 10. The fourth-order valence-electron chi connectivity index (χ4n) is 3.50. The number of amides is 1. The first-order valence-corrected chi connectivity index (χ1v) is 13.2. The van der Waals surface area contributed by atoms with Crippen LogP contribution in [0.1, 0.15) is 40.8 Å². The largest absolute Gasteiger partial charge is 0.493 e. The van der Waals surface area contributed by atoms with E-state index in [9.17, 15) is 4.79 Å². The highest BCUT2D eigenvalue weighted by Gasteiger charge is 2.22. The molecule has 0 bridgehead atoms. The Bertz CT molecular complexity index is 1430. The molecule has 37 heavy (non-hydrogen) atoms. The van der Waals surface area contributed by atoms with Gasteiger partial charge in [0.05, 0.1) is 16.5 Å². The Hall–Kier alpha value is -3.62. The third kappa shape index (κ3) is 6.78. The van der Waals surface area contributed by atoms with E-state index in [4.69, 9.17) is 25.5 Å². The zero-order chi connectivity index (χ0) is 25.8. The molecule has 4 aromatic rings. The molecule has 0 unspecified atom stereocenters. The van der Waals surface area contributed by atoms with Crippen LogP contribution in [-0.2, 0) is 0 Å². The Labute approximate surface area is 224 Å². The molecule has 9 heteroatoms. The summed E-state index contributed by atoms with van der Waals surface area (Å²) in [5.74, 6) is 3.15. The number of hydrogen-bond donors (Lipinski definition) is 1. The quantitative estimate of drug-likeness (QED) is 0.231. The molecule has 190 valence electrons. The van der Waals surface area contributed by atoms with Crippen molar-refractivity contribution in [2.24, 2.45) is 5.92 Å². The highest BCUT2D eigenvalue weighted by atomic mass is 35.5. The molecule has 1 fully saturated rings. The van der Waals surface area contributed by atoms with Crippen LogP contribution < -0.4 is 14.8 Å². The second kappa shape index (κ2) is 11.2. The van der Waals surface area contributed by atoms with Gasteiger partial charge < -0.3 is 19.2 Å². The number of pyridine rings is 1. The van der Waals surface area contributed by atoms with Crippen LogP contribution >= 0.6 is 22.9 Å². The number of thiazole rings is 1. The predicted octanol–water partition coefficient (Wildman–Crippen LogP) is 7.17. The minimum absolute atomic E-state index is 0.198. The van der Waals surface area contributed by atoms with Crippen molar-refractivity contribution >= 4 is 34.9 Å². The summed E-state index contributed by atoms with van der Waals surface area (Å²) in [7, 11) is 0. The van der Waals surface area contributed by atoms with Crippen molar-refractivity contribution in [1.29, 1.82) is 0 Å². The number of nitrogens with zero attached hydrogens (tertiary/aromatic N) is 2. The first kappa shape index (κ1) is 25.0. The lowest BCUT2D eigenvalue weighted by molar-refractivity contribution is 0.0947. The minimum atomic E-state index is -0.209. The molecule has 1 aliphatic rings. The van der Waals surface area contributed by atoms with E-state index in [1.165, 1.54) is 24.2 Å². The van der Waals surface area contributed by atoms with Crippen LogP contribution in [0.3, 0.4) is 0 Å². The van der Waals surface area contributed by atoms with Gasteiger partial charge in [-0.15, -0.1) is 0 Å². The second-order valence-corrected chi connectivity index (χ2v) is 10.4. The third-order valence-electron chi connectivity index (χ3n) is 5.71. The SMILES string of the molecule is Cc1ccc(-c2cc(C(=O)N[C@@H](C)/C=C/c3cnc(Oc4ccc(OCC5CC5)cc4Cl)s3)ccn2)o1. The summed E-state index contributed by atoms with van der Waals surface area (Å²) in [6.07, 6.45) is 9.58. The molecule has 5 rings (SSSR count). The molecule has 3 aromatic heterocycles. The number of aromatic nitrogens is 2. The molecule has 3 heterocycles. The predicted molar refractivity (Wildman–Crippen MR) is 144 cm³/mol. The van der Waals surface area contributed by atoms with Crippen LogP contribution in [0.5, 0.6) is 16.7 Å². The van der Waals surface area contributed by atoms with E-state index in [1.54, 1.807) is 36.7 Å². The highest BCUT2D eigenvalue weighted by molar-refractivity contribution is 7.14. The number of ether oxygens (including phenoxy) is 2. The standard InChI is InChI=1S/C28H26ClN3O4S/c1-17(32-27(33)20-11-12-30-24(13-20)26-9-4-18(2)35-26)3-8-22-15-31-28(37-22)36-25-10-7-21(14-23(25)29)34-16-19-5-6-19/h3-4,7-15,17,19H,5-6,16H2,1-2H3,(H,32,33)/b8-3+/t17-/m0/s1. The number of hydrogen-bond acceptors (Lipinski definition) is 7. The minimum Gasteiger partial charge on any atom is -0.493 e. The van der Waals surface area contributed by atoms with Crippen LogP contribution in [0, 0.1) is 12.8 Å². The summed E-state index contributed by atoms with van der Waals surface area (Å²) in [5.41, 5.74) is 1.12. The summed E-state index contributed by atoms with van der Waals surface area (Å²) in [4.78, 5) is 22.2. The van der Waals surface area contributed by atoms with Gasteiger partial charge in [-0.25, -0.2) is 4.98 Å². The van der Waals surface area contributed by atoms with Crippen molar-refractivity contribution in [3.63, 3.8) is 0 Å². The lowest BCUT2D eigenvalue weighted by Crippen LogP contribution is -2.31. The Balaban J connectivity index is 1.15. The monoisotopic (exact) mass is 535 g/mol. The third-order valence-corrected chi connectivity index (χ3v) is 6.84. The van der Waals surface area contributed by atoms with E-state index in [1.807, 2.05) is 44.2 Å². The molecule has 1 amide bonds. The number of aryl methyl sites for hydroxylation is 1. The van der Waals surface area contributed by atoms with Gasteiger partial charge in [0.1, 0.15) is 23.0 Å². The van der Waals surface area contributed by atoms with E-state index in [-0.39, 0.29) is 11.9 Å².